The first-order chi connectivity index (χ1) is 8.93. The normalized spacial score (nSPS) is 9.78. The van der Waals surface area contributed by atoms with Gasteiger partial charge in [0, 0.05) is 29.0 Å². The number of aromatic nitrogens is 1. The van der Waals surface area contributed by atoms with Crippen molar-refractivity contribution in [3.8, 4) is 12.0 Å². The molecular formula is C17H12N+. The van der Waals surface area contributed by atoms with Crippen molar-refractivity contribution in [3.05, 3.63) is 78.5 Å². The van der Waals surface area contributed by atoms with E-state index in [2.05, 4.69) is 30.2 Å². The van der Waals surface area contributed by atoms with E-state index >= 15 is 0 Å². The van der Waals surface area contributed by atoms with Crippen LogP contribution in [0.4, 0.5) is 0 Å². The van der Waals surface area contributed by atoms with E-state index in [4.69, 9.17) is 0 Å². The SMILES string of the molecule is C(#C[n+]1cccc2ccccc21)c1ccccc1. The van der Waals surface area contributed by atoms with Crippen molar-refractivity contribution in [2.24, 2.45) is 0 Å². The summed E-state index contributed by atoms with van der Waals surface area (Å²) < 4.78 is 1.96. The van der Waals surface area contributed by atoms with Crippen LogP contribution in [-0.2, 0) is 0 Å². The Morgan fingerprint density at radius 2 is 1.44 bits per heavy atom. The molecule has 84 valence electrons. The zero-order valence-corrected chi connectivity index (χ0v) is 9.88. The van der Waals surface area contributed by atoms with Gasteiger partial charge in [-0.15, -0.1) is 4.57 Å². The van der Waals surface area contributed by atoms with E-state index in [0.29, 0.717) is 0 Å². The molecule has 18 heavy (non-hydrogen) atoms. The molecule has 0 fully saturated rings. The van der Waals surface area contributed by atoms with Crippen molar-refractivity contribution in [1.82, 2.24) is 0 Å². The quantitative estimate of drug-likeness (QED) is 0.413. The number of hydrogen-bond acceptors (Lipinski definition) is 0. The van der Waals surface area contributed by atoms with Gasteiger partial charge in [-0.05, 0) is 24.3 Å². The van der Waals surface area contributed by atoms with E-state index in [-0.39, 0.29) is 0 Å². The molecule has 0 aliphatic rings. The highest BCUT2D eigenvalue weighted by atomic mass is 14.9. The van der Waals surface area contributed by atoms with Crippen LogP contribution in [0, 0.1) is 12.0 Å². The fourth-order valence-corrected chi connectivity index (χ4v) is 1.90. The monoisotopic (exact) mass is 230 g/mol. The molecule has 1 heteroatoms. The Morgan fingerprint density at radius 1 is 0.722 bits per heavy atom. The second-order valence-corrected chi connectivity index (χ2v) is 4.04. The van der Waals surface area contributed by atoms with Crippen LogP contribution < -0.4 is 4.57 Å². The molecule has 0 aliphatic heterocycles. The minimum atomic E-state index is 1.03. The summed E-state index contributed by atoms with van der Waals surface area (Å²) in [5.41, 5.74) is 2.15. The van der Waals surface area contributed by atoms with Gasteiger partial charge in [-0.25, -0.2) is 0 Å². The predicted molar refractivity (Wildman–Crippen MR) is 72.9 cm³/mol. The Kier molecular flexibility index (Phi) is 2.77. The number of nitrogens with zero attached hydrogens (tertiary/aromatic N) is 1. The number of rotatable bonds is 0. The van der Waals surface area contributed by atoms with Gasteiger partial charge >= 0.3 is 0 Å². The van der Waals surface area contributed by atoms with Gasteiger partial charge in [0.1, 0.15) is 0 Å². The molecule has 0 radical (unpaired) electrons. The van der Waals surface area contributed by atoms with Crippen LogP contribution in [0.15, 0.2) is 72.9 Å². The van der Waals surface area contributed by atoms with Crippen LogP contribution >= 0.6 is 0 Å². The molecular weight excluding hydrogens is 218 g/mol. The Bertz CT molecular complexity index is 728. The molecule has 1 nitrogen and oxygen atoms in total. The Morgan fingerprint density at radius 3 is 2.33 bits per heavy atom. The number of benzene rings is 2. The molecule has 1 aromatic heterocycles. The molecule has 0 N–H and O–H groups in total. The molecule has 0 unspecified atom stereocenters. The topological polar surface area (TPSA) is 3.88 Å². The summed E-state index contributed by atoms with van der Waals surface area (Å²) in [7, 11) is 0. The van der Waals surface area contributed by atoms with Crippen molar-refractivity contribution in [3.63, 3.8) is 0 Å². The average molecular weight is 230 g/mol. The summed E-state index contributed by atoms with van der Waals surface area (Å²) in [6.07, 6.45) is 1.98. The third kappa shape index (κ3) is 2.09. The Balaban J connectivity index is 2.09. The van der Waals surface area contributed by atoms with E-state index in [1.807, 2.05) is 59.3 Å². The fourth-order valence-electron chi connectivity index (χ4n) is 1.90. The van der Waals surface area contributed by atoms with Gasteiger partial charge in [0.15, 0.2) is 6.20 Å². The van der Waals surface area contributed by atoms with E-state index in [9.17, 15) is 0 Å². The lowest BCUT2D eigenvalue weighted by Crippen LogP contribution is -2.28. The van der Waals surface area contributed by atoms with Crippen LogP contribution in [0.2, 0.25) is 0 Å². The third-order valence-corrected chi connectivity index (χ3v) is 2.80. The van der Waals surface area contributed by atoms with Crippen LogP contribution in [-0.4, -0.2) is 0 Å². The van der Waals surface area contributed by atoms with Gasteiger partial charge in [-0.2, -0.15) is 0 Å². The largest absolute Gasteiger partial charge is 0.234 e. The third-order valence-electron chi connectivity index (χ3n) is 2.80. The van der Waals surface area contributed by atoms with E-state index in [1.54, 1.807) is 0 Å². The second-order valence-electron chi connectivity index (χ2n) is 4.04. The van der Waals surface area contributed by atoms with Crippen LogP contribution in [0.3, 0.4) is 0 Å². The molecule has 3 aromatic rings. The standard InChI is InChI=1S/C17H12N/c1-2-7-15(8-3-1)12-14-18-13-6-10-16-9-4-5-11-17(16)18/h1-11,13H/q+1. The maximum atomic E-state index is 3.17. The first kappa shape index (κ1) is 10.6. The van der Waals surface area contributed by atoms with Crippen LogP contribution in [0.25, 0.3) is 10.9 Å². The molecule has 0 bridgehead atoms. The fraction of sp³-hybridized carbons (Fsp3) is 0. The molecule has 0 saturated heterocycles. The minimum absolute atomic E-state index is 1.03. The summed E-state index contributed by atoms with van der Waals surface area (Å²) in [5, 5.41) is 1.20. The molecule has 0 aliphatic carbocycles. The Hall–Kier alpha value is -2.59. The number of fused-ring (bicyclic) bond motifs is 1. The highest BCUT2D eigenvalue weighted by Gasteiger charge is 2.03. The summed E-state index contributed by atoms with van der Waals surface area (Å²) in [4.78, 5) is 0. The molecule has 1 heterocycles. The van der Waals surface area contributed by atoms with Gasteiger partial charge in [-0.3, -0.25) is 0 Å². The summed E-state index contributed by atoms with van der Waals surface area (Å²) in [5.74, 6) is 3.17. The number of hydrogen-bond donors (Lipinski definition) is 0. The van der Waals surface area contributed by atoms with Crippen molar-refractivity contribution in [2.75, 3.05) is 0 Å². The zero-order chi connectivity index (χ0) is 12.2. The molecule has 0 spiro atoms. The second kappa shape index (κ2) is 4.73. The zero-order valence-electron chi connectivity index (χ0n) is 9.88. The summed E-state index contributed by atoms with van der Waals surface area (Å²) >= 11 is 0. The lowest BCUT2D eigenvalue weighted by atomic mass is 10.2. The predicted octanol–water partition coefficient (Wildman–Crippen LogP) is 2.98. The Labute approximate surface area is 106 Å². The molecule has 0 atom stereocenters. The van der Waals surface area contributed by atoms with Gasteiger partial charge in [0.2, 0.25) is 11.6 Å². The van der Waals surface area contributed by atoms with Gasteiger partial charge in [0.25, 0.3) is 0 Å². The highest BCUT2D eigenvalue weighted by Crippen LogP contribution is 2.07. The van der Waals surface area contributed by atoms with Crippen molar-refractivity contribution in [2.45, 2.75) is 0 Å². The van der Waals surface area contributed by atoms with Crippen LogP contribution in [0.1, 0.15) is 5.56 Å². The van der Waals surface area contributed by atoms with E-state index in [0.717, 1.165) is 11.1 Å². The van der Waals surface area contributed by atoms with Crippen molar-refractivity contribution < 1.29 is 4.57 Å². The highest BCUT2D eigenvalue weighted by molar-refractivity contribution is 5.75. The lowest BCUT2D eigenvalue weighted by Gasteiger charge is -1.92. The van der Waals surface area contributed by atoms with Crippen molar-refractivity contribution in [1.29, 1.82) is 0 Å². The molecule has 0 saturated carbocycles. The summed E-state index contributed by atoms with van der Waals surface area (Å²) in [6.45, 7) is 0. The molecule has 0 amide bonds. The first-order valence-corrected chi connectivity index (χ1v) is 5.90. The number of pyridine rings is 1. The summed E-state index contributed by atoms with van der Waals surface area (Å²) in [6, 6.07) is 25.5. The van der Waals surface area contributed by atoms with Gasteiger partial charge < -0.3 is 0 Å². The van der Waals surface area contributed by atoms with E-state index in [1.165, 1.54) is 5.39 Å². The molecule has 3 rings (SSSR count). The van der Waals surface area contributed by atoms with Crippen molar-refractivity contribution >= 4 is 10.9 Å². The minimum Gasteiger partial charge on any atom is -0.111 e. The van der Waals surface area contributed by atoms with E-state index < -0.39 is 0 Å². The van der Waals surface area contributed by atoms with Gasteiger partial charge in [-0.1, -0.05) is 30.3 Å². The lowest BCUT2D eigenvalue weighted by molar-refractivity contribution is -0.554. The first-order valence-electron chi connectivity index (χ1n) is 5.90. The van der Waals surface area contributed by atoms with Crippen LogP contribution in [0.5, 0.6) is 0 Å². The average Bonchev–Trinajstić information content (AvgIpc) is 2.46. The number of para-hydroxylation sites is 1. The maximum absolute atomic E-state index is 3.17. The molecule has 2 aromatic carbocycles. The smallest absolute Gasteiger partial charge is 0.111 e. The maximum Gasteiger partial charge on any atom is 0.234 e. The van der Waals surface area contributed by atoms with Gasteiger partial charge in [0.05, 0.1) is 0 Å².